The molecule has 0 unspecified atom stereocenters. The van der Waals surface area contributed by atoms with Crippen molar-refractivity contribution in [3.05, 3.63) is 49.1 Å². The third-order valence-corrected chi connectivity index (χ3v) is 4.38. The number of ether oxygens (including phenoxy) is 2. The van der Waals surface area contributed by atoms with Gasteiger partial charge in [-0.25, -0.2) is 0 Å². The fourth-order valence-corrected chi connectivity index (χ4v) is 2.96. The van der Waals surface area contributed by atoms with E-state index in [0.29, 0.717) is 18.3 Å². The minimum absolute atomic E-state index is 0.0255. The molecule has 24 heavy (non-hydrogen) atoms. The molecule has 1 saturated carbocycles. The summed E-state index contributed by atoms with van der Waals surface area (Å²) < 4.78 is 10.9. The molecule has 0 bridgehead atoms. The minimum atomic E-state index is -0.106. The van der Waals surface area contributed by atoms with Gasteiger partial charge in [-0.2, -0.15) is 0 Å². The maximum absolute atomic E-state index is 12.3. The second-order valence-electron chi connectivity index (χ2n) is 6.32. The summed E-state index contributed by atoms with van der Waals surface area (Å²) in [6, 6.07) is 7.16. The van der Waals surface area contributed by atoms with Gasteiger partial charge in [0.15, 0.2) is 0 Å². The summed E-state index contributed by atoms with van der Waals surface area (Å²) in [5.74, 6) is 1.87. The lowest BCUT2D eigenvalue weighted by molar-refractivity contribution is -0.140. The van der Waals surface area contributed by atoms with Crippen molar-refractivity contribution in [3.8, 4) is 11.5 Å². The van der Waals surface area contributed by atoms with Crippen LogP contribution in [-0.2, 0) is 4.79 Å². The Balaban J connectivity index is 1.78. The molecule has 3 nitrogen and oxygen atoms in total. The second-order valence-corrected chi connectivity index (χ2v) is 6.32. The molecule has 0 aromatic heterocycles. The molecule has 0 saturated heterocycles. The molecule has 0 radical (unpaired) electrons. The zero-order valence-corrected chi connectivity index (χ0v) is 14.6. The van der Waals surface area contributed by atoms with E-state index in [-0.39, 0.29) is 11.9 Å². The molecule has 0 spiro atoms. The van der Waals surface area contributed by atoms with Crippen molar-refractivity contribution in [1.82, 2.24) is 0 Å². The largest absolute Gasteiger partial charge is 0.490 e. The Kier molecular flexibility index (Phi) is 7.60. The Hall–Kier alpha value is -2.03. The zero-order valence-electron chi connectivity index (χ0n) is 14.6. The standard InChI is InChI=1S/C21H28O3/c1-3-5-6-7-17-8-10-18(11-9-17)21(22)24-20-14-12-19(13-15-20)23-16-4-2/h4,6-7,12-15,17-18H,2-3,5,8-11,16H2,1H3/t17-,18-. The smallest absolute Gasteiger partial charge is 0.314 e. The molecule has 0 N–H and O–H groups in total. The number of benzene rings is 1. The van der Waals surface area contributed by atoms with Crippen LogP contribution in [0.1, 0.15) is 45.4 Å². The molecule has 0 aliphatic heterocycles. The number of hydrogen-bond acceptors (Lipinski definition) is 3. The SMILES string of the molecule is C=CCOc1ccc(OC(=O)[C@H]2CC[C@H](C=CCCC)CC2)cc1. The summed E-state index contributed by atoms with van der Waals surface area (Å²) >= 11 is 0. The molecule has 130 valence electrons. The van der Waals surface area contributed by atoms with Crippen LogP contribution in [0, 0.1) is 11.8 Å². The Morgan fingerprint density at radius 3 is 2.46 bits per heavy atom. The van der Waals surface area contributed by atoms with Gasteiger partial charge in [-0.05, 0) is 62.3 Å². The van der Waals surface area contributed by atoms with E-state index in [1.807, 2.05) is 12.1 Å². The topological polar surface area (TPSA) is 35.5 Å². The third-order valence-electron chi connectivity index (χ3n) is 4.38. The van der Waals surface area contributed by atoms with Gasteiger partial charge < -0.3 is 9.47 Å². The van der Waals surface area contributed by atoms with Crippen LogP contribution < -0.4 is 9.47 Å². The normalized spacial score (nSPS) is 20.7. The molecule has 1 aliphatic carbocycles. The first-order valence-electron chi connectivity index (χ1n) is 8.95. The molecule has 0 amide bonds. The summed E-state index contributed by atoms with van der Waals surface area (Å²) in [5.41, 5.74) is 0. The predicted molar refractivity (Wildman–Crippen MR) is 97.3 cm³/mol. The van der Waals surface area contributed by atoms with E-state index < -0.39 is 0 Å². The molecular weight excluding hydrogens is 300 g/mol. The molecule has 1 aromatic rings. The average molecular weight is 328 g/mol. The van der Waals surface area contributed by atoms with Crippen LogP contribution in [0.25, 0.3) is 0 Å². The zero-order chi connectivity index (χ0) is 17.2. The van der Waals surface area contributed by atoms with Crippen molar-refractivity contribution in [2.75, 3.05) is 6.61 Å². The van der Waals surface area contributed by atoms with Gasteiger partial charge in [0.1, 0.15) is 18.1 Å². The molecule has 1 aromatic carbocycles. The van der Waals surface area contributed by atoms with Crippen LogP contribution >= 0.6 is 0 Å². The lowest BCUT2D eigenvalue weighted by Crippen LogP contribution is -2.25. The quantitative estimate of drug-likeness (QED) is 0.368. The van der Waals surface area contributed by atoms with E-state index in [0.717, 1.165) is 37.9 Å². The molecular formula is C21H28O3. The highest BCUT2D eigenvalue weighted by Crippen LogP contribution is 2.31. The minimum Gasteiger partial charge on any atom is -0.490 e. The van der Waals surface area contributed by atoms with Gasteiger partial charge in [0.05, 0.1) is 5.92 Å². The fraction of sp³-hybridized carbons (Fsp3) is 0.476. The van der Waals surface area contributed by atoms with Crippen molar-refractivity contribution in [3.63, 3.8) is 0 Å². The van der Waals surface area contributed by atoms with Crippen molar-refractivity contribution in [2.45, 2.75) is 45.4 Å². The van der Waals surface area contributed by atoms with Crippen LogP contribution in [-0.4, -0.2) is 12.6 Å². The number of carbonyl (C=O) groups excluding carboxylic acids is 1. The molecule has 0 atom stereocenters. The van der Waals surface area contributed by atoms with E-state index in [1.165, 1.54) is 6.42 Å². The van der Waals surface area contributed by atoms with Gasteiger partial charge in [-0.15, -0.1) is 0 Å². The molecule has 2 rings (SSSR count). The van der Waals surface area contributed by atoms with Gasteiger partial charge in [0.2, 0.25) is 0 Å². The highest BCUT2D eigenvalue weighted by Gasteiger charge is 2.26. The number of unbranched alkanes of at least 4 members (excludes halogenated alkanes) is 1. The first-order chi connectivity index (χ1) is 11.7. The first-order valence-corrected chi connectivity index (χ1v) is 8.95. The lowest BCUT2D eigenvalue weighted by atomic mass is 9.82. The maximum Gasteiger partial charge on any atom is 0.314 e. The average Bonchev–Trinajstić information content (AvgIpc) is 2.62. The molecule has 0 heterocycles. The third kappa shape index (κ3) is 5.88. The summed E-state index contributed by atoms with van der Waals surface area (Å²) in [5, 5.41) is 0. The highest BCUT2D eigenvalue weighted by molar-refractivity contribution is 5.75. The van der Waals surface area contributed by atoms with Gasteiger partial charge in [-0.1, -0.05) is 38.2 Å². The summed E-state index contributed by atoms with van der Waals surface area (Å²) in [7, 11) is 0. The van der Waals surface area contributed by atoms with Crippen molar-refractivity contribution >= 4 is 5.97 Å². The lowest BCUT2D eigenvalue weighted by Gasteiger charge is -2.25. The first kappa shape index (κ1) is 18.3. The number of rotatable bonds is 8. The number of allylic oxidation sites excluding steroid dienone is 2. The molecule has 1 fully saturated rings. The Morgan fingerprint density at radius 1 is 1.17 bits per heavy atom. The van der Waals surface area contributed by atoms with Crippen molar-refractivity contribution < 1.29 is 14.3 Å². The van der Waals surface area contributed by atoms with Crippen LogP contribution in [0.15, 0.2) is 49.1 Å². The van der Waals surface area contributed by atoms with Crippen LogP contribution in [0.2, 0.25) is 0 Å². The maximum atomic E-state index is 12.3. The summed E-state index contributed by atoms with van der Waals surface area (Å²) in [6.45, 7) is 6.27. The van der Waals surface area contributed by atoms with Gasteiger partial charge >= 0.3 is 5.97 Å². The predicted octanol–water partition coefficient (Wildman–Crippen LogP) is 5.32. The molecule has 1 aliphatic rings. The van der Waals surface area contributed by atoms with Crippen molar-refractivity contribution in [2.24, 2.45) is 11.8 Å². The van der Waals surface area contributed by atoms with Crippen LogP contribution in [0.5, 0.6) is 11.5 Å². The number of esters is 1. The summed E-state index contributed by atoms with van der Waals surface area (Å²) in [6.07, 6.45) is 12.6. The highest BCUT2D eigenvalue weighted by atomic mass is 16.5. The van der Waals surface area contributed by atoms with Crippen LogP contribution in [0.4, 0.5) is 0 Å². The Labute approximate surface area is 145 Å². The van der Waals surface area contributed by atoms with E-state index in [2.05, 4.69) is 25.7 Å². The Morgan fingerprint density at radius 2 is 1.83 bits per heavy atom. The van der Waals surface area contributed by atoms with E-state index in [9.17, 15) is 4.79 Å². The van der Waals surface area contributed by atoms with Gasteiger partial charge in [-0.3, -0.25) is 4.79 Å². The van der Waals surface area contributed by atoms with Crippen molar-refractivity contribution in [1.29, 1.82) is 0 Å². The Bertz CT molecular complexity index is 537. The summed E-state index contributed by atoms with van der Waals surface area (Å²) in [4.78, 5) is 12.3. The van der Waals surface area contributed by atoms with Gasteiger partial charge in [0.25, 0.3) is 0 Å². The fourth-order valence-electron chi connectivity index (χ4n) is 2.96. The van der Waals surface area contributed by atoms with E-state index in [1.54, 1.807) is 18.2 Å². The van der Waals surface area contributed by atoms with Gasteiger partial charge in [0, 0.05) is 0 Å². The van der Waals surface area contributed by atoms with E-state index in [4.69, 9.17) is 9.47 Å². The van der Waals surface area contributed by atoms with E-state index >= 15 is 0 Å². The monoisotopic (exact) mass is 328 g/mol. The number of hydrogen-bond donors (Lipinski definition) is 0. The number of carbonyl (C=O) groups is 1. The second kappa shape index (κ2) is 9.96. The van der Waals surface area contributed by atoms with Crippen LogP contribution in [0.3, 0.4) is 0 Å². The molecule has 3 heteroatoms.